The molecular weight excluding hydrogens is 781 g/mol. The first-order valence-corrected chi connectivity index (χ1v) is 22.0. The molecule has 2 heterocycles. The van der Waals surface area contributed by atoms with Gasteiger partial charge in [-0.25, -0.2) is 0 Å². The maximum Gasteiger partial charge on any atom is 0.0991 e. The highest BCUT2D eigenvalue weighted by atomic mass is 15.2. The van der Waals surface area contributed by atoms with Crippen LogP contribution >= 0.6 is 0 Å². The highest BCUT2D eigenvalue weighted by molar-refractivity contribution is 6.12. The van der Waals surface area contributed by atoms with Gasteiger partial charge in [-0.15, -0.1) is 0 Å². The minimum atomic E-state index is -0.00343. The number of rotatable bonds is 10. The van der Waals surface area contributed by atoms with Gasteiger partial charge in [0.2, 0.25) is 0 Å². The lowest BCUT2D eigenvalue weighted by Crippen LogP contribution is -2.29. The van der Waals surface area contributed by atoms with E-state index in [9.17, 15) is 10.5 Å². The molecule has 6 heteroatoms. The standard InChI is InChI=1S/C58H46N6/c1-3-13-43(14-4-2)63-55-21-10-8-19-51(55)53-37-49(33-35-57(53)63)61(45-18-12-15-41(39-59)23-26-45)47-29-31-48(32-30-47)62(46-27-24-42(40-60)25-28-46)50-34-36-58-54(38-50)52-20-9-11-22-56(52)64(58)44-16-6-5-7-17-44/h3,5-11,13-17,19-38,45H,4,12,18H2,1-2H3/b13-3-,43-14+. The molecule has 0 saturated heterocycles. The molecule has 0 fully saturated rings. The zero-order valence-electron chi connectivity index (χ0n) is 35.9. The van der Waals surface area contributed by atoms with Crippen LogP contribution < -0.4 is 9.80 Å². The SMILES string of the molecule is C/C=C\C(=C/CC)n1c2ccccc2c2cc(N(c3ccc(N(c4ccc(C#N)cc4)c4ccc5c(c4)c4ccccc4n5-c4ccccc4)cc3)C3C=CC(C#N)=CCC3)ccc21. The molecule has 0 bridgehead atoms. The van der Waals surface area contributed by atoms with Gasteiger partial charge in [0, 0.05) is 66.9 Å². The molecule has 10 rings (SSSR count). The molecule has 6 nitrogen and oxygen atoms in total. The summed E-state index contributed by atoms with van der Waals surface area (Å²) in [5.74, 6) is 0. The average Bonchev–Trinajstić information content (AvgIpc) is 3.74. The lowest BCUT2D eigenvalue weighted by atomic mass is 10.1. The zero-order valence-corrected chi connectivity index (χ0v) is 35.9. The number of allylic oxidation sites excluding steroid dienone is 7. The van der Waals surface area contributed by atoms with Gasteiger partial charge in [-0.2, -0.15) is 10.5 Å². The van der Waals surface area contributed by atoms with Crippen LogP contribution in [0.2, 0.25) is 0 Å². The van der Waals surface area contributed by atoms with Crippen LogP contribution in [0.15, 0.2) is 206 Å². The van der Waals surface area contributed by atoms with E-state index in [0.717, 1.165) is 81.0 Å². The van der Waals surface area contributed by atoms with Crippen LogP contribution in [0, 0.1) is 22.7 Å². The molecule has 0 amide bonds. The van der Waals surface area contributed by atoms with Crippen molar-refractivity contribution in [1.29, 1.82) is 10.5 Å². The molecule has 64 heavy (non-hydrogen) atoms. The number of para-hydroxylation sites is 3. The third-order valence-corrected chi connectivity index (χ3v) is 12.3. The average molecular weight is 827 g/mol. The number of fused-ring (bicyclic) bond motifs is 6. The minimum absolute atomic E-state index is 0.00343. The van der Waals surface area contributed by atoms with E-state index in [-0.39, 0.29) is 6.04 Å². The van der Waals surface area contributed by atoms with Crippen molar-refractivity contribution in [2.24, 2.45) is 0 Å². The zero-order chi connectivity index (χ0) is 43.6. The van der Waals surface area contributed by atoms with Crippen LogP contribution in [0.25, 0.3) is 55.0 Å². The van der Waals surface area contributed by atoms with Crippen molar-refractivity contribution in [3.8, 4) is 17.8 Å². The Balaban J connectivity index is 1.12. The summed E-state index contributed by atoms with van der Waals surface area (Å²) >= 11 is 0. The predicted molar refractivity (Wildman–Crippen MR) is 267 cm³/mol. The summed E-state index contributed by atoms with van der Waals surface area (Å²) in [4.78, 5) is 4.69. The van der Waals surface area contributed by atoms with Gasteiger partial charge in [-0.1, -0.05) is 85.8 Å². The molecular formula is C58H46N6. The summed E-state index contributed by atoms with van der Waals surface area (Å²) in [6.07, 6.45) is 15.3. The van der Waals surface area contributed by atoms with E-state index < -0.39 is 0 Å². The van der Waals surface area contributed by atoms with E-state index in [1.54, 1.807) is 0 Å². The number of anilines is 5. The lowest BCUT2D eigenvalue weighted by molar-refractivity contribution is 0.714. The minimum Gasteiger partial charge on any atom is -0.334 e. The van der Waals surface area contributed by atoms with E-state index in [1.165, 1.54) is 21.7 Å². The molecule has 2 aromatic heterocycles. The summed E-state index contributed by atoms with van der Waals surface area (Å²) in [6, 6.07) is 62.6. The highest BCUT2D eigenvalue weighted by Crippen LogP contribution is 2.43. The van der Waals surface area contributed by atoms with Crippen LogP contribution in [0.1, 0.15) is 38.7 Å². The van der Waals surface area contributed by atoms with Crippen LogP contribution in [-0.2, 0) is 0 Å². The van der Waals surface area contributed by atoms with Gasteiger partial charge < -0.3 is 18.9 Å². The second kappa shape index (κ2) is 17.2. The number of hydrogen-bond acceptors (Lipinski definition) is 4. The molecule has 0 spiro atoms. The predicted octanol–water partition coefficient (Wildman–Crippen LogP) is 15.4. The van der Waals surface area contributed by atoms with Crippen molar-refractivity contribution >= 4 is 77.7 Å². The summed E-state index contributed by atoms with van der Waals surface area (Å²) in [5, 5.41) is 24.3. The first-order valence-electron chi connectivity index (χ1n) is 22.0. The molecule has 0 radical (unpaired) electrons. The fourth-order valence-electron chi connectivity index (χ4n) is 9.47. The lowest BCUT2D eigenvalue weighted by Gasteiger charge is -2.33. The summed E-state index contributed by atoms with van der Waals surface area (Å²) in [5.41, 5.74) is 13.3. The Labute approximate surface area is 374 Å². The summed E-state index contributed by atoms with van der Waals surface area (Å²) in [7, 11) is 0. The molecule has 308 valence electrons. The van der Waals surface area contributed by atoms with Crippen LogP contribution in [0.4, 0.5) is 28.4 Å². The molecule has 9 aromatic rings. The Hall–Kier alpha value is -8.32. The second-order valence-electron chi connectivity index (χ2n) is 16.1. The van der Waals surface area contributed by atoms with Crippen molar-refractivity contribution in [3.05, 3.63) is 211 Å². The van der Waals surface area contributed by atoms with Crippen molar-refractivity contribution in [3.63, 3.8) is 0 Å². The molecule has 1 aliphatic rings. The Bertz CT molecular complexity index is 3400. The number of benzene rings is 7. The van der Waals surface area contributed by atoms with Gasteiger partial charge in [-0.05, 0) is 148 Å². The van der Waals surface area contributed by atoms with Crippen molar-refractivity contribution in [2.75, 3.05) is 9.80 Å². The first kappa shape index (κ1) is 39.8. The Morgan fingerprint density at radius 2 is 1.20 bits per heavy atom. The normalized spacial score (nSPS) is 14.2. The van der Waals surface area contributed by atoms with Crippen LogP contribution in [0.3, 0.4) is 0 Å². The third kappa shape index (κ3) is 7.12. The summed E-state index contributed by atoms with van der Waals surface area (Å²) < 4.78 is 4.71. The molecule has 0 N–H and O–H groups in total. The molecule has 7 aromatic carbocycles. The number of nitriles is 2. The third-order valence-electron chi connectivity index (χ3n) is 12.3. The Morgan fingerprint density at radius 3 is 1.92 bits per heavy atom. The number of aromatic nitrogens is 2. The largest absolute Gasteiger partial charge is 0.334 e. The molecule has 0 saturated carbocycles. The second-order valence-corrected chi connectivity index (χ2v) is 16.1. The monoisotopic (exact) mass is 826 g/mol. The fourth-order valence-corrected chi connectivity index (χ4v) is 9.47. The van der Waals surface area contributed by atoms with Gasteiger partial charge in [0.25, 0.3) is 0 Å². The van der Waals surface area contributed by atoms with E-state index in [4.69, 9.17) is 0 Å². The first-order chi connectivity index (χ1) is 31.6. The van der Waals surface area contributed by atoms with Crippen molar-refractivity contribution < 1.29 is 0 Å². The molecule has 1 aliphatic carbocycles. The smallest absolute Gasteiger partial charge is 0.0991 e. The Morgan fingerprint density at radius 1 is 0.625 bits per heavy atom. The summed E-state index contributed by atoms with van der Waals surface area (Å²) in [6.45, 7) is 4.25. The molecule has 1 unspecified atom stereocenters. The quantitative estimate of drug-likeness (QED) is 0.129. The topological polar surface area (TPSA) is 63.9 Å². The number of nitrogens with zero attached hydrogens (tertiary/aromatic N) is 6. The van der Waals surface area contributed by atoms with E-state index in [0.29, 0.717) is 11.1 Å². The molecule has 0 aliphatic heterocycles. The fraction of sp³-hybridized carbons (Fsp3) is 0.103. The van der Waals surface area contributed by atoms with Gasteiger partial charge in [-0.3, -0.25) is 0 Å². The van der Waals surface area contributed by atoms with Gasteiger partial charge in [0.1, 0.15) is 0 Å². The number of hydrogen-bond donors (Lipinski definition) is 0. The Kier molecular flexibility index (Phi) is 10.7. The maximum absolute atomic E-state index is 9.86. The van der Waals surface area contributed by atoms with E-state index in [2.05, 4.69) is 209 Å². The van der Waals surface area contributed by atoms with Crippen LogP contribution in [0.5, 0.6) is 0 Å². The van der Waals surface area contributed by atoms with E-state index in [1.807, 2.05) is 36.4 Å². The van der Waals surface area contributed by atoms with Gasteiger partial charge in [0.15, 0.2) is 0 Å². The van der Waals surface area contributed by atoms with Gasteiger partial charge in [0.05, 0.1) is 45.8 Å². The van der Waals surface area contributed by atoms with Crippen LogP contribution in [-0.4, -0.2) is 15.2 Å². The van der Waals surface area contributed by atoms with E-state index >= 15 is 0 Å². The van der Waals surface area contributed by atoms with Crippen molar-refractivity contribution in [2.45, 2.75) is 39.2 Å². The maximum atomic E-state index is 9.86. The highest BCUT2D eigenvalue weighted by Gasteiger charge is 2.24. The van der Waals surface area contributed by atoms with Gasteiger partial charge >= 0.3 is 0 Å². The van der Waals surface area contributed by atoms with Crippen molar-refractivity contribution in [1.82, 2.24) is 9.13 Å². The molecule has 1 atom stereocenters.